The van der Waals surface area contributed by atoms with E-state index in [9.17, 15) is 9.59 Å². The first-order valence-electron chi connectivity index (χ1n) is 5.45. The summed E-state index contributed by atoms with van der Waals surface area (Å²) >= 11 is 1.70. The third-order valence-corrected chi connectivity index (χ3v) is 3.89. The molecule has 0 bridgehead atoms. The number of piperazine rings is 1. The second-order valence-electron chi connectivity index (χ2n) is 4.79. The Morgan fingerprint density at radius 2 is 2.06 bits per heavy atom. The highest BCUT2D eigenvalue weighted by Gasteiger charge is 2.43. The SMILES string of the molecule is CSC(C)CN1C(=O)C(C)(C)NC(=O)C1C. The zero-order chi connectivity index (χ0) is 12.5. The Kier molecular flexibility index (Phi) is 3.88. The van der Waals surface area contributed by atoms with Crippen LogP contribution in [0.5, 0.6) is 0 Å². The minimum Gasteiger partial charge on any atom is -0.340 e. The van der Waals surface area contributed by atoms with Gasteiger partial charge in [0.15, 0.2) is 0 Å². The van der Waals surface area contributed by atoms with Crippen LogP contribution in [0.25, 0.3) is 0 Å². The number of amides is 2. The number of thioether (sulfide) groups is 1. The van der Waals surface area contributed by atoms with E-state index in [1.165, 1.54) is 0 Å². The van der Waals surface area contributed by atoms with E-state index < -0.39 is 5.54 Å². The minimum atomic E-state index is -0.776. The summed E-state index contributed by atoms with van der Waals surface area (Å²) in [6, 6.07) is -0.366. The molecule has 5 heteroatoms. The Bertz CT molecular complexity index is 304. The molecule has 1 aliphatic rings. The average Bonchev–Trinajstić information content (AvgIpc) is 2.21. The van der Waals surface area contributed by atoms with E-state index in [1.807, 2.05) is 6.26 Å². The van der Waals surface area contributed by atoms with Crippen LogP contribution in [0.2, 0.25) is 0 Å². The van der Waals surface area contributed by atoms with Crippen molar-refractivity contribution in [2.75, 3.05) is 12.8 Å². The molecule has 4 nitrogen and oxygen atoms in total. The molecule has 2 atom stereocenters. The third-order valence-electron chi connectivity index (χ3n) is 2.93. The molecular weight excluding hydrogens is 224 g/mol. The first-order chi connectivity index (χ1) is 7.29. The van der Waals surface area contributed by atoms with Gasteiger partial charge in [0.05, 0.1) is 0 Å². The highest BCUT2D eigenvalue weighted by Crippen LogP contribution is 2.20. The lowest BCUT2D eigenvalue weighted by Crippen LogP contribution is -2.67. The third kappa shape index (κ3) is 2.51. The zero-order valence-electron chi connectivity index (χ0n) is 10.5. The molecule has 1 N–H and O–H groups in total. The van der Waals surface area contributed by atoms with Crippen LogP contribution in [-0.4, -0.2) is 46.3 Å². The van der Waals surface area contributed by atoms with E-state index in [1.54, 1.807) is 37.4 Å². The number of rotatable bonds is 3. The highest BCUT2D eigenvalue weighted by molar-refractivity contribution is 7.99. The molecule has 0 saturated carbocycles. The Labute approximate surface area is 101 Å². The molecule has 2 amide bonds. The van der Waals surface area contributed by atoms with Gasteiger partial charge in [0.1, 0.15) is 11.6 Å². The lowest BCUT2D eigenvalue weighted by Gasteiger charge is -2.42. The monoisotopic (exact) mass is 244 g/mol. The van der Waals surface area contributed by atoms with Crippen molar-refractivity contribution in [3.05, 3.63) is 0 Å². The summed E-state index contributed by atoms with van der Waals surface area (Å²) in [7, 11) is 0. The van der Waals surface area contributed by atoms with Crippen LogP contribution >= 0.6 is 11.8 Å². The van der Waals surface area contributed by atoms with Crippen molar-refractivity contribution >= 4 is 23.6 Å². The van der Waals surface area contributed by atoms with Gasteiger partial charge in [-0.1, -0.05) is 6.92 Å². The van der Waals surface area contributed by atoms with E-state index in [0.717, 1.165) is 0 Å². The van der Waals surface area contributed by atoms with Crippen LogP contribution < -0.4 is 5.32 Å². The fraction of sp³-hybridized carbons (Fsp3) is 0.818. The van der Waals surface area contributed by atoms with Gasteiger partial charge in [-0.05, 0) is 27.0 Å². The summed E-state index contributed by atoms with van der Waals surface area (Å²) < 4.78 is 0. The van der Waals surface area contributed by atoms with Gasteiger partial charge in [0.25, 0.3) is 0 Å². The van der Waals surface area contributed by atoms with Crippen molar-refractivity contribution in [2.45, 2.75) is 44.5 Å². The molecule has 0 radical (unpaired) electrons. The number of hydrogen-bond acceptors (Lipinski definition) is 3. The van der Waals surface area contributed by atoms with E-state index in [-0.39, 0.29) is 17.9 Å². The Morgan fingerprint density at radius 3 is 2.56 bits per heavy atom. The normalized spacial score (nSPS) is 26.6. The van der Waals surface area contributed by atoms with Crippen LogP contribution in [0.3, 0.4) is 0 Å². The molecule has 1 heterocycles. The van der Waals surface area contributed by atoms with Crippen LogP contribution in [0, 0.1) is 0 Å². The van der Waals surface area contributed by atoms with Gasteiger partial charge in [-0.3, -0.25) is 9.59 Å². The number of nitrogens with one attached hydrogen (secondary N) is 1. The first-order valence-corrected chi connectivity index (χ1v) is 6.74. The van der Waals surface area contributed by atoms with Crippen molar-refractivity contribution < 1.29 is 9.59 Å². The summed E-state index contributed by atoms with van der Waals surface area (Å²) in [5.74, 6) is -0.0709. The summed E-state index contributed by atoms with van der Waals surface area (Å²) in [5, 5.41) is 3.08. The highest BCUT2D eigenvalue weighted by atomic mass is 32.2. The van der Waals surface area contributed by atoms with E-state index in [2.05, 4.69) is 12.2 Å². The second kappa shape index (κ2) is 4.65. The van der Waals surface area contributed by atoms with Crippen LogP contribution in [0.1, 0.15) is 27.7 Å². The molecule has 1 rings (SSSR count). The van der Waals surface area contributed by atoms with Crippen molar-refractivity contribution in [3.63, 3.8) is 0 Å². The van der Waals surface area contributed by atoms with E-state index >= 15 is 0 Å². The zero-order valence-corrected chi connectivity index (χ0v) is 11.4. The Balaban J connectivity index is 2.86. The molecule has 92 valence electrons. The summed E-state index contributed by atoms with van der Waals surface area (Å²) in [4.78, 5) is 25.6. The molecular formula is C11H20N2O2S. The number of hydrogen-bond donors (Lipinski definition) is 1. The van der Waals surface area contributed by atoms with Gasteiger partial charge in [-0.2, -0.15) is 11.8 Å². The molecule has 0 aromatic heterocycles. The fourth-order valence-electron chi connectivity index (χ4n) is 1.73. The van der Waals surface area contributed by atoms with Crippen LogP contribution in [0.15, 0.2) is 0 Å². The maximum atomic E-state index is 12.2. The maximum Gasteiger partial charge on any atom is 0.248 e. The van der Waals surface area contributed by atoms with Gasteiger partial charge in [0, 0.05) is 11.8 Å². The standard InChI is InChI=1S/C11H20N2O2S/c1-7(16-5)6-13-8(2)9(14)12-11(3,4)10(13)15/h7-8H,6H2,1-5H3,(H,12,14). The average molecular weight is 244 g/mol. The van der Waals surface area contributed by atoms with Crippen molar-refractivity contribution in [1.29, 1.82) is 0 Å². The van der Waals surface area contributed by atoms with Crippen molar-refractivity contribution in [3.8, 4) is 0 Å². The molecule has 2 unspecified atom stereocenters. The predicted octanol–water partition coefficient (Wildman–Crippen LogP) is 0.863. The smallest absolute Gasteiger partial charge is 0.248 e. The predicted molar refractivity (Wildman–Crippen MR) is 66.4 cm³/mol. The molecule has 0 aromatic carbocycles. The van der Waals surface area contributed by atoms with E-state index in [0.29, 0.717) is 11.8 Å². The number of carbonyl (C=O) groups excluding carboxylic acids is 2. The lowest BCUT2D eigenvalue weighted by atomic mass is 9.97. The van der Waals surface area contributed by atoms with Gasteiger partial charge in [-0.15, -0.1) is 0 Å². The van der Waals surface area contributed by atoms with Gasteiger partial charge in [-0.25, -0.2) is 0 Å². The molecule has 1 saturated heterocycles. The van der Waals surface area contributed by atoms with Crippen LogP contribution in [0.4, 0.5) is 0 Å². The molecule has 0 aromatic rings. The van der Waals surface area contributed by atoms with E-state index in [4.69, 9.17) is 0 Å². The minimum absolute atomic E-state index is 0.000463. The summed E-state index contributed by atoms with van der Waals surface area (Å²) in [6.45, 7) is 7.95. The maximum absolute atomic E-state index is 12.2. The Morgan fingerprint density at radius 1 is 1.50 bits per heavy atom. The van der Waals surface area contributed by atoms with Crippen LogP contribution in [-0.2, 0) is 9.59 Å². The summed E-state index contributed by atoms with van der Waals surface area (Å²) in [5.41, 5.74) is -0.776. The molecule has 16 heavy (non-hydrogen) atoms. The van der Waals surface area contributed by atoms with Gasteiger partial charge < -0.3 is 10.2 Å². The molecule has 0 spiro atoms. The van der Waals surface area contributed by atoms with Crippen molar-refractivity contribution in [2.24, 2.45) is 0 Å². The molecule has 1 aliphatic heterocycles. The lowest BCUT2D eigenvalue weighted by molar-refractivity contribution is -0.152. The first kappa shape index (κ1) is 13.4. The fourth-order valence-corrected chi connectivity index (χ4v) is 2.04. The number of carbonyl (C=O) groups is 2. The van der Waals surface area contributed by atoms with Crippen molar-refractivity contribution in [1.82, 2.24) is 10.2 Å². The Hall–Kier alpha value is -0.710. The summed E-state index contributed by atoms with van der Waals surface area (Å²) in [6.07, 6.45) is 2.01. The number of nitrogens with zero attached hydrogens (tertiary/aromatic N) is 1. The van der Waals surface area contributed by atoms with Gasteiger partial charge in [0.2, 0.25) is 11.8 Å². The van der Waals surface area contributed by atoms with Gasteiger partial charge >= 0.3 is 0 Å². The molecule has 1 fully saturated rings. The second-order valence-corrected chi connectivity index (χ2v) is 6.07. The molecule has 0 aliphatic carbocycles. The topological polar surface area (TPSA) is 49.4 Å². The quantitative estimate of drug-likeness (QED) is 0.801. The largest absolute Gasteiger partial charge is 0.340 e.